The van der Waals surface area contributed by atoms with Gasteiger partial charge in [0, 0.05) is 24.2 Å². The lowest BCUT2D eigenvalue weighted by molar-refractivity contribution is -0.0976. The van der Waals surface area contributed by atoms with Crippen LogP contribution in [-0.2, 0) is 4.74 Å². The van der Waals surface area contributed by atoms with E-state index >= 15 is 0 Å². The number of fused-ring (bicyclic) bond motifs is 1. The van der Waals surface area contributed by atoms with Crippen molar-refractivity contribution in [2.24, 2.45) is 5.92 Å². The maximum atomic E-state index is 5.94. The molecule has 0 aromatic carbocycles. The van der Waals surface area contributed by atoms with Gasteiger partial charge in [0.25, 0.3) is 0 Å². The van der Waals surface area contributed by atoms with Crippen molar-refractivity contribution in [1.29, 1.82) is 0 Å². The van der Waals surface area contributed by atoms with E-state index < -0.39 is 0 Å². The molecule has 3 rings (SSSR count). The number of nitrogens with zero attached hydrogens (tertiary/aromatic N) is 1. The molecule has 2 saturated carbocycles. The van der Waals surface area contributed by atoms with Crippen LogP contribution in [0.4, 0.5) is 0 Å². The Labute approximate surface area is 118 Å². The number of ether oxygens (including phenoxy) is 1. The van der Waals surface area contributed by atoms with Crippen molar-refractivity contribution >= 4 is 0 Å². The molecule has 1 aliphatic heterocycles. The van der Waals surface area contributed by atoms with Gasteiger partial charge in [-0.05, 0) is 65.3 Å². The molecule has 3 heteroatoms. The second kappa shape index (κ2) is 5.34. The third kappa shape index (κ3) is 2.98. The standard InChI is InChI=1S/C16H30N2O/c1-16(2,3)17-11-12-7-8-13(12)18-9-10-19-15-6-4-5-14(15)18/h12-15,17H,4-11H2,1-3H3. The van der Waals surface area contributed by atoms with E-state index in [-0.39, 0.29) is 5.54 Å². The molecule has 1 saturated heterocycles. The van der Waals surface area contributed by atoms with Crippen molar-refractivity contribution in [3.8, 4) is 0 Å². The van der Waals surface area contributed by atoms with E-state index in [4.69, 9.17) is 4.74 Å². The van der Waals surface area contributed by atoms with Crippen LogP contribution in [0.5, 0.6) is 0 Å². The second-order valence-corrected chi connectivity index (χ2v) is 7.68. The van der Waals surface area contributed by atoms with Gasteiger partial charge in [0.2, 0.25) is 0 Å². The molecule has 0 bridgehead atoms. The summed E-state index contributed by atoms with van der Waals surface area (Å²) in [6.07, 6.45) is 7.37. The molecule has 2 aliphatic carbocycles. The summed E-state index contributed by atoms with van der Waals surface area (Å²) in [6, 6.07) is 1.56. The van der Waals surface area contributed by atoms with Crippen LogP contribution in [0, 0.1) is 5.92 Å². The SMILES string of the molecule is CC(C)(C)NCC1CCC1N1CCOC2CCCC21. The van der Waals surface area contributed by atoms with Gasteiger partial charge in [0.1, 0.15) is 0 Å². The van der Waals surface area contributed by atoms with E-state index in [0.717, 1.165) is 31.2 Å². The van der Waals surface area contributed by atoms with Crippen LogP contribution in [0.3, 0.4) is 0 Å². The highest BCUT2D eigenvalue weighted by Crippen LogP contribution is 2.39. The van der Waals surface area contributed by atoms with E-state index in [9.17, 15) is 0 Å². The van der Waals surface area contributed by atoms with E-state index in [1.165, 1.54) is 38.6 Å². The number of hydrogen-bond donors (Lipinski definition) is 1. The Morgan fingerprint density at radius 3 is 2.63 bits per heavy atom. The summed E-state index contributed by atoms with van der Waals surface area (Å²) in [5, 5.41) is 3.69. The van der Waals surface area contributed by atoms with Crippen LogP contribution < -0.4 is 5.32 Å². The molecular formula is C16H30N2O. The van der Waals surface area contributed by atoms with Crippen LogP contribution >= 0.6 is 0 Å². The minimum absolute atomic E-state index is 0.251. The lowest BCUT2D eigenvalue weighted by Crippen LogP contribution is -2.60. The Hall–Kier alpha value is -0.120. The third-order valence-corrected chi connectivity index (χ3v) is 5.22. The van der Waals surface area contributed by atoms with Crippen molar-refractivity contribution in [2.45, 2.75) is 76.6 Å². The summed E-state index contributed by atoms with van der Waals surface area (Å²) in [7, 11) is 0. The molecule has 4 unspecified atom stereocenters. The van der Waals surface area contributed by atoms with Gasteiger partial charge >= 0.3 is 0 Å². The number of morpholine rings is 1. The highest BCUT2D eigenvalue weighted by atomic mass is 16.5. The number of nitrogens with one attached hydrogen (secondary N) is 1. The smallest absolute Gasteiger partial charge is 0.0731 e. The van der Waals surface area contributed by atoms with E-state index in [1.807, 2.05) is 0 Å². The summed E-state index contributed by atoms with van der Waals surface area (Å²) < 4.78 is 5.94. The first-order chi connectivity index (χ1) is 9.04. The van der Waals surface area contributed by atoms with Crippen LogP contribution in [0.1, 0.15) is 52.9 Å². The average Bonchev–Trinajstić information content (AvgIpc) is 2.75. The molecule has 0 aromatic rings. The Morgan fingerprint density at radius 1 is 1.11 bits per heavy atom. The molecule has 0 radical (unpaired) electrons. The monoisotopic (exact) mass is 266 g/mol. The normalized spacial score (nSPS) is 39.9. The van der Waals surface area contributed by atoms with Crippen LogP contribution in [-0.4, -0.2) is 48.3 Å². The molecule has 3 fully saturated rings. The van der Waals surface area contributed by atoms with E-state index in [2.05, 4.69) is 31.0 Å². The fraction of sp³-hybridized carbons (Fsp3) is 1.00. The predicted molar refractivity (Wildman–Crippen MR) is 78.4 cm³/mol. The quantitative estimate of drug-likeness (QED) is 0.849. The minimum atomic E-state index is 0.251. The summed E-state index contributed by atoms with van der Waals surface area (Å²) >= 11 is 0. The maximum Gasteiger partial charge on any atom is 0.0731 e. The summed E-state index contributed by atoms with van der Waals surface area (Å²) in [6.45, 7) is 10.1. The van der Waals surface area contributed by atoms with Gasteiger partial charge in [0.15, 0.2) is 0 Å². The summed E-state index contributed by atoms with van der Waals surface area (Å²) in [5.74, 6) is 0.860. The molecule has 3 aliphatic rings. The van der Waals surface area contributed by atoms with Gasteiger partial charge in [-0.3, -0.25) is 4.90 Å². The Kier molecular flexibility index (Phi) is 3.89. The second-order valence-electron chi connectivity index (χ2n) is 7.68. The van der Waals surface area contributed by atoms with Crippen LogP contribution in [0.2, 0.25) is 0 Å². The third-order valence-electron chi connectivity index (χ3n) is 5.22. The summed E-state index contributed by atoms with van der Waals surface area (Å²) in [5.41, 5.74) is 0.251. The molecule has 19 heavy (non-hydrogen) atoms. The van der Waals surface area contributed by atoms with Crippen molar-refractivity contribution in [2.75, 3.05) is 19.7 Å². The van der Waals surface area contributed by atoms with Crippen LogP contribution in [0.15, 0.2) is 0 Å². The molecule has 0 amide bonds. The number of rotatable bonds is 3. The van der Waals surface area contributed by atoms with Gasteiger partial charge in [0.05, 0.1) is 12.7 Å². The Morgan fingerprint density at radius 2 is 1.95 bits per heavy atom. The fourth-order valence-electron chi connectivity index (χ4n) is 4.03. The average molecular weight is 266 g/mol. The van der Waals surface area contributed by atoms with Crippen molar-refractivity contribution in [3.05, 3.63) is 0 Å². The largest absolute Gasteiger partial charge is 0.375 e. The lowest BCUT2D eigenvalue weighted by Gasteiger charge is -2.50. The van der Waals surface area contributed by atoms with E-state index in [0.29, 0.717) is 6.10 Å². The van der Waals surface area contributed by atoms with Crippen molar-refractivity contribution in [1.82, 2.24) is 10.2 Å². The maximum absolute atomic E-state index is 5.94. The first kappa shape index (κ1) is 13.8. The molecule has 4 atom stereocenters. The molecular weight excluding hydrogens is 236 g/mol. The highest BCUT2D eigenvalue weighted by molar-refractivity contribution is 4.98. The topological polar surface area (TPSA) is 24.5 Å². The molecule has 1 heterocycles. The van der Waals surface area contributed by atoms with Crippen molar-refractivity contribution in [3.63, 3.8) is 0 Å². The number of hydrogen-bond acceptors (Lipinski definition) is 3. The molecule has 110 valence electrons. The first-order valence-corrected chi connectivity index (χ1v) is 8.17. The van der Waals surface area contributed by atoms with E-state index in [1.54, 1.807) is 0 Å². The fourth-order valence-corrected chi connectivity index (χ4v) is 4.03. The summed E-state index contributed by atoms with van der Waals surface area (Å²) in [4.78, 5) is 2.81. The lowest BCUT2D eigenvalue weighted by atomic mass is 9.77. The zero-order valence-electron chi connectivity index (χ0n) is 12.8. The Bertz CT molecular complexity index is 312. The van der Waals surface area contributed by atoms with Crippen LogP contribution in [0.25, 0.3) is 0 Å². The molecule has 1 N–H and O–H groups in total. The van der Waals surface area contributed by atoms with Gasteiger partial charge < -0.3 is 10.1 Å². The Balaban J connectivity index is 1.56. The van der Waals surface area contributed by atoms with Gasteiger partial charge in [-0.15, -0.1) is 0 Å². The predicted octanol–water partition coefficient (Wildman–Crippen LogP) is 2.41. The van der Waals surface area contributed by atoms with Gasteiger partial charge in [-0.25, -0.2) is 0 Å². The molecule has 0 aromatic heterocycles. The van der Waals surface area contributed by atoms with Gasteiger partial charge in [-0.1, -0.05) is 0 Å². The van der Waals surface area contributed by atoms with Crippen molar-refractivity contribution < 1.29 is 4.74 Å². The highest BCUT2D eigenvalue weighted by Gasteiger charge is 2.44. The first-order valence-electron chi connectivity index (χ1n) is 8.17. The zero-order chi connectivity index (χ0) is 13.5. The molecule has 0 spiro atoms. The minimum Gasteiger partial charge on any atom is -0.375 e. The molecule has 3 nitrogen and oxygen atoms in total. The zero-order valence-corrected chi connectivity index (χ0v) is 12.8. The van der Waals surface area contributed by atoms with Gasteiger partial charge in [-0.2, -0.15) is 0 Å².